The van der Waals surface area contributed by atoms with Crippen molar-refractivity contribution >= 4 is 29.0 Å². The number of halogens is 2. The van der Waals surface area contributed by atoms with Crippen molar-refractivity contribution in [3.63, 3.8) is 0 Å². The van der Waals surface area contributed by atoms with Crippen LogP contribution in [0.4, 0.5) is 10.1 Å². The van der Waals surface area contributed by atoms with E-state index in [4.69, 9.17) is 11.6 Å². The van der Waals surface area contributed by atoms with Crippen molar-refractivity contribution < 1.29 is 14.0 Å². The molecule has 0 saturated carbocycles. The fourth-order valence-corrected chi connectivity index (χ4v) is 4.64. The Morgan fingerprint density at radius 1 is 1.07 bits per heavy atom. The molecule has 1 atom stereocenters. The summed E-state index contributed by atoms with van der Waals surface area (Å²) in [6.45, 7) is 3.97. The van der Waals surface area contributed by atoms with Gasteiger partial charge in [0.2, 0.25) is 5.91 Å². The van der Waals surface area contributed by atoms with Gasteiger partial charge < -0.3 is 0 Å². The molecule has 0 saturated heterocycles. The Kier molecular flexibility index (Phi) is 4.84. The minimum atomic E-state index is -0.634. The third-order valence-corrected chi connectivity index (χ3v) is 6.17. The Balaban J connectivity index is 1.94. The molecule has 28 heavy (non-hydrogen) atoms. The van der Waals surface area contributed by atoms with Crippen LogP contribution in [-0.2, 0) is 9.59 Å². The number of hydrogen-bond donors (Lipinski definition) is 0. The van der Waals surface area contributed by atoms with E-state index in [9.17, 15) is 14.0 Å². The highest BCUT2D eigenvalue weighted by Crippen LogP contribution is 2.46. The van der Waals surface area contributed by atoms with Crippen molar-refractivity contribution in [2.75, 3.05) is 4.90 Å². The third-order valence-electron chi connectivity index (χ3n) is 5.84. The van der Waals surface area contributed by atoms with Gasteiger partial charge in [-0.05, 0) is 56.0 Å². The van der Waals surface area contributed by atoms with E-state index in [0.29, 0.717) is 30.5 Å². The van der Waals surface area contributed by atoms with E-state index in [0.717, 1.165) is 16.8 Å². The van der Waals surface area contributed by atoms with Crippen LogP contribution >= 0.6 is 11.6 Å². The first-order valence-electron chi connectivity index (χ1n) is 9.49. The number of ketones is 1. The SMILES string of the molecule is Cc1cccc(N2C(=O)CC(c3c(F)cccc3Cl)C3=C2CCCC3=O)c1C. The number of carbonyl (C=O) groups excluding carboxylic acids is 2. The molecule has 5 heteroatoms. The van der Waals surface area contributed by atoms with Gasteiger partial charge in [-0.15, -0.1) is 0 Å². The van der Waals surface area contributed by atoms with Gasteiger partial charge in [0.1, 0.15) is 5.82 Å². The molecular weight excluding hydrogens is 377 g/mol. The van der Waals surface area contributed by atoms with E-state index in [2.05, 4.69) is 0 Å². The van der Waals surface area contributed by atoms with Crippen LogP contribution in [0, 0.1) is 19.7 Å². The van der Waals surface area contributed by atoms with E-state index >= 15 is 0 Å². The van der Waals surface area contributed by atoms with Crippen LogP contribution in [0.3, 0.4) is 0 Å². The lowest BCUT2D eigenvalue weighted by molar-refractivity contribution is -0.119. The second kappa shape index (κ2) is 7.17. The second-order valence-electron chi connectivity index (χ2n) is 7.48. The highest BCUT2D eigenvalue weighted by Gasteiger charge is 2.41. The van der Waals surface area contributed by atoms with E-state index in [1.165, 1.54) is 12.1 Å². The number of amides is 1. The predicted octanol–water partition coefficient (Wildman–Crippen LogP) is 5.62. The first-order chi connectivity index (χ1) is 13.4. The summed E-state index contributed by atoms with van der Waals surface area (Å²) in [7, 11) is 0. The van der Waals surface area contributed by atoms with E-state index in [1.54, 1.807) is 11.0 Å². The molecule has 1 aliphatic heterocycles. The largest absolute Gasteiger partial charge is 0.294 e. The summed E-state index contributed by atoms with van der Waals surface area (Å²) < 4.78 is 14.6. The van der Waals surface area contributed by atoms with Gasteiger partial charge >= 0.3 is 0 Å². The zero-order valence-corrected chi connectivity index (χ0v) is 16.6. The Hall–Kier alpha value is -2.46. The van der Waals surface area contributed by atoms with Crippen LogP contribution in [0.2, 0.25) is 5.02 Å². The molecule has 2 aromatic carbocycles. The molecular formula is C23H21ClFNO2. The van der Waals surface area contributed by atoms with E-state index < -0.39 is 11.7 Å². The summed E-state index contributed by atoms with van der Waals surface area (Å²) in [6, 6.07) is 10.3. The number of aryl methyl sites for hydroxylation is 1. The summed E-state index contributed by atoms with van der Waals surface area (Å²) in [6.07, 6.45) is 1.74. The van der Waals surface area contributed by atoms with Gasteiger partial charge in [-0.1, -0.05) is 29.8 Å². The van der Waals surface area contributed by atoms with Crippen molar-refractivity contribution in [3.05, 3.63) is 75.2 Å². The van der Waals surface area contributed by atoms with Gasteiger partial charge in [-0.3, -0.25) is 14.5 Å². The number of carbonyl (C=O) groups is 2. The molecule has 4 rings (SSSR count). The number of rotatable bonds is 2. The molecule has 2 aromatic rings. The summed E-state index contributed by atoms with van der Waals surface area (Å²) in [5.74, 6) is -1.26. The summed E-state index contributed by atoms with van der Waals surface area (Å²) >= 11 is 6.29. The second-order valence-corrected chi connectivity index (χ2v) is 7.88. The molecule has 1 unspecified atom stereocenters. The van der Waals surface area contributed by atoms with Gasteiger partial charge in [0.15, 0.2) is 5.78 Å². The Morgan fingerprint density at radius 3 is 2.57 bits per heavy atom. The fourth-order valence-electron chi connectivity index (χ4n) is 4.34. The molecule has 2 aliphatic rings. The van der Waals surface area contributed by atoms with Gasteiger partial charge in [0, 0.05) is 40.6 Å². The summed E-state index contributed by atoms with van der Waals surface area (Å²) in [5, 5.41) is 0.253. The molecule has 0 radical (unpaired) electrons. The molecule has 144 valence electrons. The lowest BCUT2D eigenvalue weighted by atomic mass is 9.76. The average molecular weight is 398 g/mol. The number of allylic oxidation sites excluding steroid dienone is 2. The Morgan fingerprint density at radius 2 is 1.82 bits per heavy atom. The maximum atomic E-state index is 14.6. The smallest absolute Gasteiger partial charge is 0.232 e. The van der Waals surface area contributed by atoms with Crippen LogP contribution in [-0.4, -0.2) is 11.7 Å². The minimum Gasteiger partial charge on any atom is -0.294 e. The molecule has 1 aliphatic carbocycles. The number of Topliss-reactive ketones (excluding diaryl/α,β-unsaturated/α-hetero) is 1. The number of hydrogen-bond acceptors (Lipinski definition) is 2. The van der Waals surface area contributed by atoms with Gasteiger partial charge in [0.25, 0.3) is 0 Å². The minimum absolute atomic E-state index is 0.0200. The fraction of sp³-hybridized carbons (Fsp3) is 0.304. The van der Waals surface area contributed by atoms with Crippen LogP contribution in [0.25, 0.3) is 0 Å². The van der Waals surface area contributed by atoms with Crippen molar-refractivity contribution in [1.82, 2.24) is 0 Å². The zero-order valence-electron chi connectivity index (χ0n) is 15.9. The maximum Gasteiger partial charge on any atom is 0.232 e. The van der Waals surface area contributed by atoms with E-state index in [-0.39, 0.29) is 28.7 Å². The number of nitrogens with zero attached hydrogens (tertiary/aromatic N) is 1. The van der Waals surface area contributed by atoms with Gasteiger partial charge in [-0.2, -0.15) is 0 Å². The lowest BCUT2D eigenvalue weighted by Crippen LogP contribution is -2.41. The van der Waals surface area contributed by atoms with Crippen molar-refractivity contribution in [1.29, 1.82) is 0 Å². The van der Waals surface area contributed by atoms with Gasteiger partial charge in [-0.25, -0.2) is 4.39 Å². The van der Waals surface area contributed by atoms with E-state index in [1.807, 2.05) is 32.0 Å². The Bertz CT molecular complexity index is 1010. The Labute approximate surface area is 168 Å². The zero-order chi connectivity index (χ0) is 20.0. The van der Waals surface area contributed by atoms with Gasteiger partial charge in [0.05, 0.1) is 5.69 Å². The normalized spacial score (nSPS) is 19.9. The molecule has 0 bridgehead atoms. The highest BCUT2D eigenvalue weighted by molar-refractivity contribution is 6.31. The molecule has 0 N–H and O–H groups in total. The quantitative estimate of drug-likeness (QED) is 0.659. The van der Waals surface area contributed by atoms with Crippen molar-refractivity contribution in [3.8, 4) is 0 Å². The topological polar surface area (TPSA) is 37.4 Å². The summed E-state index contributed by atoms with van der Waals surface area (Å²) in [4.78, 5) is 27.8. The lowest BCUT2D eigenvalue weighted by Gasteiger charge is -2.39. The van der Waals surface area contributed by atoms with Crippen LogP contribution in [0.5, 0.6) is 0 Å². The van der Waals surface area contributed by atoms with Crippen LogP contribution in [0.15, 0.2) is 47.7 Å². The van der Waals surface area contributed by atoms with Crippen molar-refractivity contribution in [2.24, 2.45) is 0 Å². The first kappa shape index (κ1) is 18.9. The average Bonchev–Trinajstić information content (AvgIpc) is 2.64. The standard InChI is InChI=1S/C23H21ClFNO2/c1-13-6-3-9-18(14(13)2)26-19-10-5-11-20(27)23(19)15(12-21(26)28)22-16(24)7-4-8-17(22)25/h3-4,6-9,15H,5,10-12H2,1-2H3. The first-order valence-corrected chi connectivity index (χ1v) is 9.87. The van der Waals surface area contributed by atoms with Crippen molar-refractivity contribution in [2.45, 2.75) is 45.4 Å². The maximum absolute atomic E-state index is 14.6. The number of benzene rings is 2. The van der Waals surface area contributed by atoms with Crippen LogP contribution < -0.4 is 4.90 Å². The molecule has 1 amide bonds. The monoisotopic (exact) mass is 397 g/mol. The number of anilines is 1. The molecule has 0 spiro atoms. The molecule has 0 fully saturated rings. The molecule has 1 heterocycles. The summed E-state index contributed by atoms with van der Waals surface area (Å²) in [5.41, 5.74) is 4.37. The molecule has 0 aromatic heterocycles. The third kappa shape index (κ3) is 2.96. The highest BCUT2D eigenvalue weighted by atomic mass is 35.5. The molecule has 3 nitrogen and oxygen atoms in total. The predicted molar refractivity (Wildman–Crippen MR) is 108 cm³/mol. The van der Waals surface area contributed by atoms with Crippen LogP contribution in [0.1, 0.15) is 48.3 Å².